The Morgan fingerprint density at radius 1 is 1.16 bits per heavy atom. The van der Waals surface area contributed by atoms with Gasteiger partial charge in [-0.2, -0.15) is 0 Å². The number of hydrogen-bond acceptors (Lipinski definition) is 4. The minimum absolute atomic E-state index is 0.0343. The van der Waals surface area contributed by atoms with Crippen LogP contribution >= 0.6 is 0 Å². The Hall–Kier alpha value is -2.40. The van der Waals surface area contributed by atoms with Gasteiger partial charge in [0.2, 0.25) is 5.91 Å². The monoisotopic (exact) mass is 425 g/mol. The zero-order valence-electron chi connectivity index (χ0n) is 18.2. The quantitative estimate of drug-likeness (QED) is 0.346. The Morgan fingerprint density at radius 3 is 2.71 bits per heavy atom. The van der Waals surface area contributed by atoms with Crippen molar-refractivity contribution in [2.45, 2.75) is 57.5 Å². The predicted octanol–water partition coefficient (Wildman–Crippen LogP) is 4.22. The summed E-state index contributed by atoms with van der Waals surface area (Å²) in [6.45, 7) is 1.03. The van der Waals surface area contributed by atoms with Crippen molar-refractivity contribution in [3.05, 3.63) is 54.6 Å². The summed E-state index contributed by atoms with van der Waals surface area (Å²) in [5.74, 6) is 1.78. The van der Waals surface area contributed by atoms with E-state index in [1.54, 1.807) is 12.2 Å². The van der Waals surface area contributed by atoms with E-state index in [4.69, 9.17) is 4.74 Å². The van der Waals surface area contributed by atoms with Crippen molar-refractivity contribution in [1.29, 1.82) is 0 Å². The fourth-order valence-electron chi connectivity index (χ4n) is 3.87. The van der Waals surface area contributed by atoms with E-state index in [9.17, 15) is 14.7 Å². The molecule has 0 bridgehead atoms. The van der Waals surface area contributed by atoms with Gasteiger partial charge in [-0.15, -0.1) is 0 Å². The Balaban J connectivity index is 1.29. The molecule has 0 spiro atoms. The molecule has 0 saturated heterocycles. The zero-order chi connectivity index (χ0) is 21.9. The summed E-state index contributed by atoms with van der Waals surface area (Å²) in [6.07, 6.45) is 14.4. The van der Waals surface area contributed by atoms with Crippen LogP contribution in [0.5, 0.6) is 5.75 Å². The maximum absolute atomic E-state index is 12.2. The van der Waals surface area contributed by atoms with E-state index in [1.807, 2.05) is 42.5 Å². The number of unbranched alkanes of at least 4 members (excludes halogenated alkanes) is 3. The highest BCUT2D eigenvalue weighted by atomic mass is 16.5. The first-order chi connectivity index (χ1) is 15.1. The second-order valence-corrected chi connectivity index (χ2v) is 8.72. The maximum Gasteiger partial charge on any atom is 0.220 e. The number of ketones is 1. The van der Waals surface area contributed by atoms with Crippen molar-refractivity contribution in [2.24, 2.45) is 17.8 Å². The fourth-order valence-corrected chi connectivity index (χ4v) is 3.87. The third-order valence-corrected chi connectivity index (χ3v) is 5.99. The van der Waals surface area contributed by atoms with Gasteiger partial charge in [-0.3, -0.25) is 9.59 Å². The van der Waals surface area contributed by atoms with E-state index in [1.165, 1.54) is 12.8 Å². The minimum Gasteiger partial charge on any atom is -0.491 e. The Morgan fingerprint density at radius 2 is 1.94 bits per heavy atom. The first-order valence-corrected chi connectivity index (χ1v) is 11.6. The molecule has 1 fully saturated rings. The van der Waals surface area contributed by atoms with E-state index < -0.39 is 6.10 Å². The molecule has 1 aromatic rings. The van der Waals surface area contributed by atoms with Crippen LogP contribution in [0.2, 0.25) is 0 Å². The van der Waals surface area contributed by atoms with Crippen molar-refractivity contribution >= 4 is 11.7 Å². The molecule has 31 heavy (non-hydrogen) atoms. The average Bonchev–Trinajstić information content (AvgIpc) is 3.55. The van der Waals surface area contributed by atoms with Crippen LogP contribution < -0.4 is 10.1 Å². The van der Waals surface area contributed by atoms with Gasteiger partial charge < -0.3 is 15.2 Å². The third kappa shape index (κ3) is 8.70. The summed E-state index contributed by atoms with van der Waals surface area (Å²) in [6, 6.07) is 9.40. The van der Waals surface area contributed by atoms with E-state index in [-0.39, 0.29) is 30.1 Å². The van der Waals surface area contributed by atoms with Gasteiger partial charge in [-0.1, -0.05) is 55.7 Å². The summed E-state index contributed by atoms with van der Waals surface area (Å²) < 4.78 is 5.57. The highest BCUT2D eigenvalue weighted by Crippen LogP contribution is 2.29. The largest absolute Gasteiger partial charge is 0.491 e. The summed E-state index contributed by atoms with van der Waals surface area (Å²) in [7, 11) is 0. The number of hydrogen-bond donors (Lipinski definition) is 2. The number of allylic oxidation sites excluding steroid dienone is 3. The highest BCUT2D eigenvalue weighted by molar-refractivity contribution is 5.94. The maximum atomic E-state index is 12.2. The van der Waals surface area contributed by atoms with E-state index >= 15 is 0 Å². The van der Waals surface area contributed by atoms with Gasteiger partial charge in [0.1, 0.15) is 18.5 Å². The van der Waals surface area contributed by atoms with Gasteiger partial charge in [0.05, 0.1) is 0 Å². The van der Waals surface area contributed by atoms with Crippen LogP contribution in [-0.2, 0) is 9.59 Å². The molecule has 0 radical (unpaired) electrons. The number of aliphatic hydroxyl groups excluding tert-OH is 1. The molecule has 0 aromatic heterocycles. The molecule has 2 N–H and O–H groups in total. The van der Waals surface area contributed by atoms with Crippen LogP contribution in [0, 0.1) is 17.8 Å². The molecule has 0 heterocycles. The smallest absolute Gasteiger partial charge is 0.220 e. The molecular formula is C26H35NO4. The normalized spacial score (nSPS) is 21.5. The summed E-state index contributed by atoms with van der Waals surface area (Å²) in [5, 5.41) is 13.2. The summed E-state index contributed by atoms with van der Waals surface area (Å²) in [5.41, 5.74) is 0. The van der Waals surface area contributed by atoms with E-state index in [0.717, 1.165) is 50.3 Å². The number of aliphatic hydroxyl groups is 1. The number of carbonyl (C=O) groups is 2. The predicted molar refractivity (Wildman–Crippen MR) is 122 cm³/mol. The SMILES string of the molecule is O=C(CCCCCC[C@H]1C(=O)C=C[C@@H]1/C=C/[C@@H](O)COc1ccccc1)NCC1CC1. The molecule has 1 saturated carbocycles. The summed E-state index contributed by atoms with van der Waals surface area (Å²) in [4.78, 5) is 24.0. The van der Waals surface area contributed by atoms with E-state index in [0.29, 0.717) is 6.42 Å². The van der Waals surface area contributed by atoms with Gasteiger partial charge in [-0.05, 0) is 49.8 Å². The molecule has 3 rings (SSSR count). The molecule has 1 amide bonds. The lowest BCUT2D eigenvalue weighted by molar-refractivity contribution is -0.121. The standard InChI is InChI=1S/C26H35NO4/c28-22(19-31-23-8-4-3-5-9-23)16-14-21-15-17-25(29)24(21)10-6-1-2-7-11-26(30)27-18-20-12-13-20/h3-5,8-9,14-17,20-22,24,28H,1-2,6-7,10-13,18-19H2,(H,27,30)/b16-14+/t21-,22+,24+/m0/s1. The van der Waals surface area contributed by atoms with Crippen molar-refractivity contribution in [3.63, 3.8) is 0 Å². The van der Waals surface area contributed by atoms with Gasteiger partial charge >= 0.3 is 0 Å². The Bertz CT molecular complexity index is 754. The fraction of sp³-hybridized carbons (Fsp3) is 0.538. The number of benzene rings is 1. The molecule has 2 aliphatic carbocycles. The van der Waals surface area contributed by atoms with Gasteiger partial charge in [-0.25, -0.2) is 0 Å². The first-order valence-electron chi connectivity index (χ1n) is 11.6. The molecule has 1 aromatic carbocycles. The van der Waals surface area contributed by atoms with Crippen molar-refractivity contribution in [1.82, 2.24) is 5.32 Å². The second kappa shape index (κ2) is 12.5. The lowest BCUT2D eigenvalue weighted by Crippen LogP contribution is -2.25. The number of rotatable bonds is 14. The second-order valence-electron chi connectivity index (χ2n) is 8.72. The number of para-hydroxylation sites is 1. The first kappa shape index (κ1) is 23.3. The molecule has 3 atom stereocenters. The molecule has 5 heteroatoms. The van der Waals surface area contributed by atoms with Crippen LogP contribution in [0.1, 0.15) is 51.4 Å². The van der Waals surface area contributed by atoms with Crippen LogP contribution in [0.25, 0.3) is 0 Å². The minimum atomic E-state index is -0.712. The van der Waals surface area contributed by atoms with Gasteiger partial charge in [0.25, 0.3) is 0 Å². The highest BCUT2D eigenvalue weighted by Gasteiger charge is 2.27. The summed E-state index contributed by atoms with van der Waals surface area (Å²) >= 11 is 0. The molecule has 0 unspecified atom stereocenters. The van der Waals surface area contributed by atoms with E-state index in [2.05, 4.69) is 5.32 Å². The molecule has 0 aliphatic heterocycles. The van der Waals surface area contributed by atoms with Crippen LogP contribution in [-0.4, -0.2) is 36.1 Å². The van der Waals surface area contributed by atoms with Crippen LogP contribution in [0.15, 0.2) is 54.6 Å². The average molecular weight is 426 g/mol. The molecule has 5 nitrogen and oxygen atoms in total. The Kier molecular flexibility index (Phi) is 9.35. The number of amides is 1. The van der Waals surface area contributed by atoms with Gasteiger partial charge in [0.15, 0.2) is 5.78 Å². The zero-order valence-corrected chi connectivity index (χ0v) is 18.2. The topological polar surface area (TPSA) is 75.6 Å². The van der Waals surface area contributed by atoms with Crippen molar-refractivity contribution in [2.75, 3.05) is 13.2 Å². The van der Waals surface area contributed by atoms with Crippen molar-refractivity contribution in [3.8, 4) is 5.75 Å². The molecule has 168 valence electrons. The lowest BCUT2D eigenvalue weighted by Gasteiger charge is -2.15. The number of nitrogens with one attached hydrogen (secondary N) is 1. The molecule has 2 aliphatic rings. The van der Waals surface area contributed by atoms with Crippen molar-refractivity contribution < 1.29 is 19.4 Å². The number of ether oxygens (including phenoxy) is 1. The number of carbonyl (C=O) groups excluding carboxylic acids is 2. The molecular weight excluding hydrogens is 390 g/mol. The third-order valence-electron chi connectivity index (χ3n) is 5.99. The Labute approximate surface area is 185 Å². The van der Waals surface area contributed by atoms with Crippen LogP contribution in [0.3, 0.4) is 0 Å². The van der Waals surface area contributed by atoms with Crippen LogP contribution in [0.4, 0.5) is 0 Å². The van der Waals surface area contributed by atoms with Gasteiger partial charge in [0, 0.05) is 24.8 Å². The lowest BCUT2D eigenvalue weighted by atomic mass is 9.88.